The molecule has 1 aromatic carbocycles. The topological polar surface area (TPSA) is 42.5 Å². The Kier molecular flexibility index (Phi) is 3.12. The molecule has 1 N–H and O–H groups in total. The lowest BCUT2D eigenvalue weighted by Gasteiger charge is -2.08. The number of anilines is 2. The van der Waals surface area contributed by atoms with Gasteiger partial charge < -0.3 is 9.73 Å². The van der Waals surface area contributed by atoms with Gasteiger partial charge in [-0.2, -0.15) is 0 Å². The average molecular weight is 307 g/mol. The molecule has 0 radical (unpaired) electrons. The fourth-order valence-corrected chi connectivity index (χ4v) is 2.52. The van der Waals surface area contributed by atoms with Crippen molar-refractivity contribution < 1.29 is 8.81 Å². The van der Waals surface area contributed by atoms with Gasteiger partial charge in [0, 0.05) is 11.9 Å². The minimum Gasteiger partial charge on any atom is -0.463 e. The number of halogens is 1. The van der Waals surface area contributed by atoms with Crippen LogP contribution in [0, 0.1) is 12.7 Å². The van der Waals surface area contributed by atoms with Crippen LogP contribution < -0.4 is 5.32 Å². The third-order valence-corrected chi connectivity index (χ3v) is 3.64. The SMILES string of the molecule is Cc1ccn2c(Nc3ccc(F)cc3)c(-c3ccco3)nc2c1. The van der Waals surface area contributed by atoms with Gasteiger partial charge in [0.25, 0.3) is 0 Å². The van der Waals surface area contributed by atoms with Crippen molar-refractivity contribution in [3.05, 3.63) is 72.4 Å². The van der Waals surface area contributed by atoms with Crippen molar-refractivity contribution in [2.75, 3.05) is 5.32 Å². The first-order chi connectivity index (χ1) is 11.2. The number of aromatic nitrogens is 2. The molecule has 5 heteroatoms. The molecular weight excluding hydrogens is 293 g/mol. The number of hydrogen-bond donors (Lipinski definition) is 1. The molecule has 3 heterocycles. The van der Waals surface area contributed by atoms with E-state index >= 15 is 0 Å². The first-order valence-corrected chi connectivity index (χ1v) is 7.26. The number of furan rings is 1. The zero-order valence-electron chi connectivity index (χ0n) is 12.5. The Bertz CT molecular complexity index is 956. The number of nitrogens with zero attached hydrogens (tertiary/aromatic N) is 2. The van der Waals surface area contributed by atoms with E-state index in [9.17, 15) is 4.39 Å². The van der Waals surface area contributed by atoms with E-state index in [0.717, 1.165) is 22.7 Å². The van der Waals surface area contributed by atoms with E-state index in [2.05, 4.69) is 10.3 Å². The van der Waals surface area contributed by atoms with Crippen LogP contribution >= 0.6 is 0 Å². The molecule has 0 aliphatic carbocycles. The molecule has 0 spiro atoms. The Morgan fingerprint density at radius 2 is 1.96 bits per heavy atom. The predicted octanol–water partition coefficient (Wildman–Crippen LogP) is 4.79. The highest BCUT2D eigenvalue weighted by atomic mass is 19.1. The summed E-state index contributed by atoms with van der Waals surface area (Å²) in [5.74, 6) is 1.19. The van der Waals surface area contributed by atoms with Gasteiger partial charge in [0.15, 0.2) is 5.76 Å². The maximum atomic E-state index is 13.1. The monoisotopic (exact) mass is 307 g/mol. The standard InChI is InChI=1S/C18H14FN3O/c1-12-8-9-22-16(11-12)21-17(15-3-2-10-23-15)18(22)20-14-6-4-13(19)5-7-14/h2-11,20H,1H3. The highest BCUT2D eigenvalue weighted by molar-refractivity contribution is 5.77. The lowest BCUT2D eigenvalue weighted by Crippen LogP contribution is -1.97. The summed E-state index contributed by atoms with van der Waals surface area (Å²) < 4.78 is 20.6. The average Bonchev–Trinajstić information content (AvgIpc) is 3.17. The third kappa shape index (κ3) is 2.46. The van der Waals surface area contributed by atoms with Crippen molar-refractivity contribution in [3.63, 3.8) is 0 Å². The predicted molar refractivity (Wildman–Crippen MR) is 87.3 cm³/mol. The number of nitrogens with one attached hydrogen (secondary N) is 1. The number of rotatable bonds is 3. The van der Waals surface area contributed by atoms with Crippen LogP contribution in [0.3, 0.4) is 0 Å². The summed E-state index contributed by atoms with van der Waals surface area (Å²) in [5.41, 5.74) is 3.44. The zero-order valence-corrected chi connectivity index (χ0v) is 12.5. The van der Waals surface area contributed by atoms with Gasteiger partial charge in [-0.1, -0.05) is 0 Å². The van der Waals surface area contributed by atoms with Crippen LogP contribution in [0.2, 0.25) is 0 Å². The summed E-state index contributed by atoms with van der Waals surface area (Å²) in [6, 6.07) is 13.9. The lowest BCUT2D eigenvalue weighted by molar-refractivity contribution is 0.581. The molecule has 0 saturated heterocycles. The fourth-order valence-electron chi connectivity index (χ4n) is 2.52. The second-order valence-corrected chi connectivity index (χ2v) is 5.35. The molecular formula is C18H14FN3O. The van der Waals surface area contributed by atoms with Crippen LogP contribution in [0.1, 0.15) is 5.56 Å². The van der Waals surface area contributed by atoms with Gasteiger partial charge in [-0.15, -0.1) is 0 Å². The van der Waals surface area contributed by atoms with Crippen LogP contribution in [0.15, 0.2) is 65.4 Å². The van der Waals surface area contributed by atoms with Crippen molar-refractivity contribution >= 4 is 17.2 Å². The molecule has 3 aromatic heterocycles. The summed E-state index contributed by atoms with van der Waals surface area (Å²) in [7, 11) is 0. The minimum absolute atomic E-state index is 0.268. The summed E-state index contributed by atoms with van der Waals surface area (Å²) in [6.07, 6.45) is 3.57. The second-order valence-electron chi connectivity index (χ2n) is 5.35. The van der Waals surface area contributed by atoms with E-state index in [1.807, 2.05) is 41.8 Å². The van der Waals surface area contributed by atoms with E-state index in [1.165, 1.54) is 12.1 Å². The smallest absolute Gasteiger partial charge is 0.156 e. The first-order valence-electron chi connectivity index (χ1n) is 7.26. The Hall–Kier alpha value is -3.08. The highest BCUT2D eigenvalue weighted by Crippen LogP contribution is 2.31. The summed E-state index contributed by atoms with van der Waals surface area (Å²) in [6.45, 7) is 2.02. The molecule has 0 bridgehead atoms. The lowest BCUT2D eigenvalue weighted by atomic mass is 10.3. The molecule has 4 nitrogen and oxygen atoms in total. The maximum Gasteiger partial charge on any atom is 0.156 e. The van der Waals surface area contributed by atoms with Crippen LogP contribution in [0.4, 0.5) is 15.9 Å². The third-order valence-electron chi connectivity index (χ3n) is 3.64. The van der Waals surface area contributed by atoms with E-state index in [-0.39, 0.29) is 5.82 Å². The first kappa shape index (κ1) is 13.6. The molecule has 0 aliphatic rings. The van der Waals surface area contributed by atoms with Crippen molar-refractivity contribution in [3.8, 4) is 11.5 Å². The van der Waals surface area contributed by atoms with Gasteiger partial charge in [-0.3, -0.25) is 4.40 Å². The van der Waals surface area contributed by atoms with Crippen LogP contribution in [0.5, 0.6) is 0 Å². The molecule has 4 rings (SSSR count). The molecule has 0 atom stereocenters. The van der Waals surface area contributed by atoms with Crippen molar-refractivity contribution in [1.82, 2.24) is 9.38 Å². The van der Waals surface area contributed by atoms with Crippen molar-refractivity contribution in [1.29, 1.82) is 0 Å². The highest BCUT2D eigenvalue weighted by Gasteiger charge is 2.16. The minimum atomic E-state index is -0.268. The number of aryl methyl sites for hydroxylation is 1. The Balaban J connectivity index is 1.88. The Labute approximate surface area is 132 Å². The largest absolute Gasteiger partial charge is 0.463 e. The number of pyridine rings is 1. The second kappa shape index (κ2) is 5.28. The fraction of sp³-hybridized carbons (Fsp3) is 0.0556. The van der Waals surface area contributed by atoms with Crippen molar-refractivity contribution in [2.45, 2.75) is 6.92 Å². The van der Waals surface area contributed by atoms with Gasteiger partial charge in [0.05, 0.1) is 6.26 Å². The van der Waals surface area contributed by atoms with Gasteiger partial charge in [0.2, 0.25) is 0 Å². The number of fused-ring (bicyclic) bond motifs is 1. The maximum absolute atomic E-state index is 13.1. The van der Waals surface area contributed by atoms with Crippen LogP contribution in [0.25, 0.3) is 17.1 Å². The van der Waals surface area contributed by atoms with Gasteiger partial charge >= 0.3 is 0 Å². The molecule has 23 heavy (non-hydrogen) atoms. The zero-order chi connectivity index (χ0) is 15.8. The Morgan fingerprint density at radius 1 is 1.13 bits per heavy atom. The number of imidazole rings is 1. The molecule has 4 aromatic rings. The molecule has 114 valence electrons. The van der Waals surface area contributed by atoms with Gasteiger partial charge in [-0.25, -0.2) is 9.37 Å². The van der Waals surface area contributed by atoms with Gasteiger partial charge in [-0.05, 0) is 61.0 Å². The van der Waals surface area contributed by atoms with Crippen LogP contribution in [-0.4, -0.2) is 9.38 Å². The van der Waals surface area contributed by atoms with Gasteiger partial charge in [0.1, 0.15) is 23.0 Å². The summed E-state index contributed by atoms with van der Waals surface area (Å²) >= 11 is 0. The molecule has 0 fully saturated rings. The van der Waals surface area contributed by atoms with E-state index < -0.39 is 0 Å². The summed E-state index contributed by atoms with van der Waals surface area (Å²) in [5, 5.41) is 3.30. The van der Waals surface area contributed by atoms with Crippen molar-refractivity contribution in [2.24, 2.45) is 0 Å². The molecule has 0 amide bonds. The Morgan fingerprint density at radius 3 is 2.70 bits per heavy atom. The summed E-state index contributed by atoms with van der Waals surface area (Å²) in [4.78, 5) is 4.66. The number of benzene rings is 1. The van der Waals surface area contributed by atoms with Crippen LogP contribution in [-0.2, 0) is 0 Å². The normalized spacial score (nSPS) is 11.0. The quantitative estimate of drug-likeness (QED) is 0.592. The number of hydrogen-bond acceptors (Lipinski definition) is 3. The molecule has 0 aliphatic heterocycles. The molecule has 0 saturated carbocycles. The van der Waals surface area contributed by atoms with E-state index in [4.69, 9.17) is 4.42 Å². The van der Waals surface area contributed by atoms with E-state index in [0.29, 0.717) is 11.5 Å². The van der Waals surface area contributed by atoms with E-state index in [1.54, 1.807) is 18.4 Å². The molecule has 0 unspecified atom stereocenters.